The molecule has 3 aromatic carbocycles. The number of hydrogen-bond acceptors (Lipinski definition) is 9. The molecule has 422 valence electrons. The van der Waals surface area contributed by atoms with Gasteiger partial charge in [-0.15, -0.1) is 0 Å². The van der Waals surface area contributed by atoms with E-state index in [9.17, 15) is 38.4 Å². The van der Waals surface area contributed by atoms with Crippen LogP contribution in [0.15, 0.2) is 72.8 Å². The summed E-state index contributed by atoms with van der Waals surface area (Å²) in [4.78, 5) is 115. The molecular formula is C62H86N8O8. The molecule has 2 aliphatic carbocycles. The van der Waals surface area contributed by atoms with Gasteiger partial charge in [0.15, 0.2) is 0 Å². The van der Waals surface area contributed by atoms with E-state index in [1.165, 1.54) is 16.0 Å². The van der Waals surface area contributed by atoms with E-state index in [0.717, 1.165) is 49.7 Å². The number of fused-ring (bicyclic) bond motifs is 2. The van der Waals surface area contributed by atoms with E-state index in [4.69, 9.17) is 0 Å². The third-order valence-electron chi connectivity index (χ3n) is 16.8. The fourth-order valence-electron chi connectivity index (χ4n) is 11.7. The van der Waals surface area contributed by atoms with Crippen LogP contribution in [-0.4, -0.2) is 113 Å². The van der Waals surface area contributed by atoms with Crippen molar-refractivity contribution in [1.82, 2.24) is 41.7 Å². The molecule has 2 heterocycles. The maximum atomic E-state index is 14.7. The maximum absolute atomic E-state index is 14.7. The molecule has 78 heavy (non-hydrogen) atoms. The van der Waals surface area contributed by atoms with E-state index in [-0.39, 0.29) is 110 Å². The largest absolute Gasteiger partial charge is 0.351 e. The predicted molar refractivity (Wildman–Crippen MR) is 300 cm³/mol. The van der Waals surface area contributed by atoms with Crippen LogP contribution in [0.2, 0.25) is 0 Å². The number of nitrogens with one attached hydrogen (secondary N) is 6. The summed E-state index contributed by atoms with van der Waals surface area (Å²) in [6.07, 6.45) is 6.28. The first-order valence-corrected chi connectivity index (χ1v) is 28.5. The summed E-state index contributed by atoms with van der Waals surface area (Å²) in [7, 11) is 1.71. The van der Waals surface area contributed by atoms with Gasteiger partial charge in [-0.05, 0) is 116 Å². The Kier molecular flexibility index (Phi) is 19.4. The molecule has 7 amide bonds. The zero-order chi connectivity index (χ0) is 56.6. The van der Waals surface area contributed by atoms with Crippen LogP contribution < -0.4 is 31.9 Å². The van der Waals surface area contributed by atoms with Gasteiger partial charge >= 0.3 is 0 Å². The summed E-state index contributed by atoms with van der Waals surface area (Å²) in [5.74, 6) is -3.17. The zero-order valence-electron chi connectivity index (χ0n) is 47.8. The second-order valence-electron chi connectivity index (χ2n) is 24.7. The van der Waals surface area contributed by atoms with Crippen LogP contribution in [0.3, 0.4) is 0 Å². The van der Waals surface area contributed by atoms with Crippen molar-refractivity contribution >= 4 is 47.1 Å². The van der Waals surface area contributed by atoms with Crippen LogP contribution in [0.4, 0.5) is 0 Å². The second kappa shape index (κ2) is 25.6. The number of benzene rings is 3. The van der Waals surface area contributed by atoms with E-state index in [0.29, 0.717) is 17.5 Å². The maximum Gasteiger partial charge on any atom is 0.246 e. The van der Waals surface area contributed by atoms with Crippen molar-refractivity contribution in [3.05, 3.63) is 106 Å². The summed E-state index contributed by atoms with van der Waals surface area (Å²) in [6.45, 7) is 17.1. The minimum absolute atomic E-state index is 0.00844. The number of likely N-dealkylation sites (N-methyl/N-ethyl adjacent to an activating group) is 1. The Morgan fingerprint density at radius 2 is 1.05 bits per heavy atom. The first kappa shape index (κ1) is 59.2. The van der Waals surface area contributed by atoms with Crippen LogP contribution in [0.25, 0.3) is 0 Å². The first-order chi connectivity index (χ1) is 36.9. The van der Waals surface area contributed by atoms with Crippen molar-refractivity contribution in [3.63, 3.8) is 0 Å². The molecule has 0 saturated carbocycles. The fraction of sp³-hybridized carbons (Fsp3) is 0.581. The van der Waals surface area contributed by atoms with Gasteiger partial charge in [-0.2, -0.15) is 0 Å². The minimum atomic E-state index is -0.910. The van der Waals surface area contributed by atoms with Crippen molar-refractivity contribution < 1.29 is 38.4 Å². The van der Waals surface area contributed by atoms with Crippen molar-refractivity contribution in [2.24, 2.45) is 22.7 Å². The number of amides is 7. The van der Waals surface area contributed by atoms with Crippen LogP contribution in [0.1, 0.15) is 159 Å². The lowest BCUT2D eigenvalue weighted by molar-refractivity contribution is -0.146. The molecule has 0 radical (unpaired) electrons. The standard InChI is InChI=1S/C62H86N8O8/c1-11-37(2)56(74)68-55(62(7,8)9)60(78)70-36-44(33-51(70)58(76)67-49-25-17-21-42-19-13-15-23-46(42)49)65-54(73)31-40-28-26-39(27-29-40)30-53(72)64-43-32-50(57(75)66-48-24-16-20-41-18-12-14-22-45(41)48)69(35-43)59(77)47(61(4,5)6)34-52(71)38(3)63-10/h12-15,18-19,22-23,26-29,37-38,43-44,47-51,55,63H,11,16-17,20-21,24-25,30-36H2,1-10H3,(H,64,72)(H,65,73)(H,66,75)(H,67,76)(H,68,74)/t37-,38+,43+,44+,47-,48-,49-,50+,51+,55-/m1/s1. The van der Waals surface area contributed by atoms with E-state index in [1.54, 1.807) is 43.1 Å². The van der Waals surface area contributed by atoms with Crippen molar-refractivity contribution in [3.8, 4) is 0 Å². The first-order valence-electron chi connectivity index (χ1n) is 28.5. The van der Waals surface area contributed by atoms with Crippen molar-refractivity contribution in [1.29, 1.82) is 0 Å². The molecule has 3 aromatic rings. The number of likely N-dealkylation sites (tertiary alicyclic amines) is 2. The highest BCUT2D eigenvalue weighted by Crippen LogP contribution is 2.36. The number of carbonyl (C=O) groups is 8. The Morgan fingerprint density at radius 3 is 1.47 bits per heavy atom. The lowest BCUT2D eigenvalue weighted by atomic mass is 9.76. The zero-order valence-corrected chi connectivity index (χ0v) is 47.8. The highest BCUT2D eigenvalue weighted by molar-refractivity contribution is 5.95. The van der Waals surface area contributed by atoms with Gasteiger partial charge in [-0.3, -0.25) is 38.4 Å². The van der Waals surface area contributed by atoms with Gasteiger partial charge in [-0.25, -0.2) is 0 Å². The summed E-state index contributed by atoms with van der Waals surface area (Å²) < 4.78 is 0. The van der Waals surface area contributed by atoms with E-state index < -0.39 is 53.0 Å². The summed E-state index contributed by atoms with van der Waals surface area (Å²) in [5.41, 5.74) is 4.65. The summed E-state index contributed by atoms with van der Waals surface area (Å²) in [5, 5.41) is 18.7. The number of aryl methyl sites for hydroxylation is 2. The molecule has 7 rings (SSSR count). The van der Waals surface area contributed by atoms with Crippen molar-refractivity contribution in [2.75, 3.05) is 20.1 Å². The average Bonchev–Trinajstić information content (AvgIpc) is 4.14. The van der Waals surface area contributed by atoms with Gasteiger partial charge in [0, 0.05) is 43.4 Å². The molecule has 0 spiro atoms. The van der Waals surface area contributed by atoms with Gasteiger partial charge < -0.3 is 41.7 Å². The average molecular weight is 1070 g/mol. The topological polar surface area (TPSA) is 215 Å². The Hall–Kier alpha value is -6.42. The van der Waals surface area contributed by atoms with E-state index >= 15 is 0 Å². The van der Waals surface area contributed by atoms with Gasteiger partial charge in [0.25, 0.3) is 0 Å². The Balaban J connectivity index is 0.999. The minimum Gasteiger partial charge on any atom is -0.351 e. The molecule has 4 aliphatic rings. The van der Waals surface area contributed by atoms with Crippen LogP contribution >= 0.6 is 0 Å². The molecule has 10 atom stereocenters. The third kappa shape index (κ3) is 14.6. The van der Waals surface area contributed by atoms with Gasteiger partial charge in [0.2, 0.25) is 41.4 Å². The third-order valence-corrected chi connectivity index (χ3v) is 16.8. The summed E-state index contributed by atoms with van der Waals surface area (Å²) in [6, 6.07) is 18.8. The van der Waals surface area contributed by atoms with Crippen molar-refractivity contribution in [2.45, 2.75) is 188 Å². The number of rotatable bonds is 19. The smallest absolute Gasteiger partial charge is 0.246 e. The lowest BCUT2D eigenvalue weighted by Gasteiger charge is -2.36. The SMILES string of the molecule is CC[C@@H](C)C(=O)N[C@H](C(=O)N1C[C@@H](NC(=O)Cc2ccc(CC(=O)N[C@H]3C[C@@H](C(=O)N[C@@H]4CCCc5ccccc54)N(C(=O)[C@@H](CC(=O)[C@H](C)NC)C(C)(C)C)C3)cc2)C[C@H]1C(=O)N[C@@H]1CCCc2ccccc21)C(C)(C)C. The van der Waals surface area contributed by atoms with Gasteiger partial charge in [0.1, 0.15) is 23.9 Å². The van der Waals surface area contributed by atoms with Gasteiger partial charge in [0.05, 0.1) is 31.0 Å². The molecule has 16 heteroatoms. The molecule has 6 N–H and O–H groups in total. The molecule has 0 bridgehead atoms. The molecule has 0 aromatic heterocycles. The molecule has 2 saturated heterocycles. The summed E-state index contributed by atoms with van der Waals surface area (Å²) >= 11 is 0. The number of nitrogens with zero attached hydrogens (tertiary/aromatic N) is 2. The Morgan fingerprint density at radius 1 is 0.603 bits per heavy atom. The Bertz CT molecular complexity index is 2500. The number of ketones is 1. The molecule has 2 aliphatic heterocycles. The van der Waals surface area contributed by atoms with Crippen LogP contribution in [-0.2, 0) is 64.0 Å². The molecule has 0 unspecified atom stereocenters. The fourth-order valence-corrected chi connectivity index (χ4v) is 11.7. The quantitative estimate of drug-likeness (QED) is 0.0813. The van der Waals surface area contributed by atoms with Crippen LogP contribution in [0.5, 0.6) is 0 Å². The second-order valence-corrected chi connectivity index (χ2v) is 24.7. The monoisotopic (exact) mass is 1070 g/mol. The normalized spacial score (nSPS) is 22.6. The highest BCUT2D eigenvalue weighted by atomic mass is 16.2. The highest BCUT2D eigenvalue weighted by Gasteiger charge is 2.48. The van der Waals surface area contributed by atoms with E-state index in [1.807, 2.05) is 91.8 Å². The number of Topliss-reactive ketones (excluding diaryl/α,β-unsaturated/α-hetero) is 1. The van der Waals surface area contributed by atoms with Gasteiger partial charge in [-0.1, -0.05) is 128 Å². The van der Waals surface area contributed by atoms with Crippen LogP contribution in [0, 0.1) is 22.7 Å². The number of carbonyl (C=O) groups excluding carboxylic acids is 8. The molecule has 16 nitrogen and oxygen atoms in total. The molecule has 2 fully saturated rings. The lowest BCUT2D eigenvalue weighted by Crippen LogP contribution is -2.58. The molecular weight excluding hydrogens is 985 g/mol. The number of hydrogen-bond donors (Lipinski definition) is 6. The predicted octanol–water partition coefficient (Wildman–Crippen LogP) is 6.14. The Labute approximate surface area is 462 Å². The van der Waals surface area contributed by atoms with E-state index in [2.05, 4.69) is 44.0 Å².